The lowest BCUT2D eigenvalue weighted by atomic mass is 10.1. The van der Waals surface area contributed by atoms with Gasteiger partial charge in [0.25, 0.3) is 0 Å². The summed E-state index contributed by atoms with van der Waals surface area (Å²) in [6.45, 7) is 2.10. The van der Waals surface area contributed by atoms with E-state index in [2.05, 4.69) is 57.8 Å². The fraction of sp³-hybridized carbons (Fsp3) is 0.0526. The molecule has 1 nitrogen and oxygen atoms in total. The molecule has 22 heavy (non-hydrogen) atoms. The van der Waals surface area contributed by atoms with Gasteiger partial charge < -0.3 is 4.57 Å². The second-order valence-electron chi connectivity index (χ2n) is 5.49. The Morgan fingerprint density at radius 2 is 1.45 bits per heavy atom. The summed E-state index contributed by atoms with van der Waals surface area (Å²) in [5.41, 5.74) is 4.44. The van der Waals surface area contributed by atoms with E-state index in [9.17, 15) is 4.39 Å². The van der Waals surface area contributed by atoms with E-state index in [1.54, 1.807) is 0 Å². The quantitative estimate of drug-likeness (QED) is 0.395. The number of nitrogens with zero attached hydrogens (tertiary/aromatic N) is 1. The van der Waals surface area contributed by atoms with Crippen LogP contribution in [0.1, 0.15) is 5.56 Å². The van der Waals surface area contributed by atoms with E-state index in [0.29, 0.717) is 0 Å². The van der Waals surface area contributed by atoms with Gasteiger partial charge in [-0.25, -0.2) is 4.39 Å². The van der Waals surface area contributed by atoms with Crippen molar-refractivity contribution in [1.82, 2.24) is 4.57 Å². The Hall–Kier alpha value is -2.13. The van der Waals surface area contributed by atoms with E-state index >= 15 is 0 Å². The summed E-state index contributed by atoms with van der Waals surface area (Å²) in [5, 5.41) is 2.40. The van der Waals surface area contributed by atoms with Crippen LogP contribution in [0.15, 0.2) is 65.1 Å². The zero-order valence-electron chi connectivity index (χ0n) is 12.0. The van der Waals surface area contributed by atoms with E-state index in [1.165, 1.54) is 28.5 Å². The molecule has 0 bridgehead atoms. The van der Waals surface area contributed by atoms with E-state index in [1.807, 2.05) is 18.2 Å². The molecule has 3 heteroatoms. The molecular weight excluding hydrogens is 341 g/mol. The Kier molecular flexibility index (Phi) is 3.05. The van der Waals surface area contributed by atoms with Crippen molar-refractivity contribution < 1.29 is 4.39 Å². The Balaban J connectivity index is 2.17. The molecule has 4 aromatic rings. The highest BCUT2D eigenvalue weighted by molar-refractivity contribution is 9.10. The molecule has 0 aliphatic heterocycles. The van der Waals surface area contributed by atoms with Crippen LogP contribution in [0.4, 0.5) is 4.39 Å². The van der Waals surface area contributed by atoms with Gasteiger partial charge in [-0.15, -0.1) is 0 Å². The topological polar surface area (TPSA) is 4.93 Å². The van der Waals surface area contributed by atoms with Crippen molar-refractivity contribution in [2.24, 2.45) is 0 Å². The lowest BCUT2D eigenvalue weighted by Crippen LogP contribution is -1.93. The van der Waals surface area contributed by atoms with Crippen molar-refractivity contribution in [2.45, 2.75) is 6.92 Å². The van der Waals surface area contributed by atoms with Crippen LogP contribution >= 0.6 is 15.9 Å². The minimum absolute atomic E-state index is 0.219. The molecule has 0 amide bonds. The number of rotatable bonds is 1. The lowest BCUT2D eigenvalue weighted by Gasteiger charge is -2.07. The zero-order valence-corrected chi connectivity index (χ0v) is 13.6. The predicted octanol–water partition coefficient (Wildman–Crippen LogP) is 5.99. The van der Waals surface area contributed by atoms with Gasteiger partial charge in [-0.2, -0.15) is 0 Å². The number of aryl methyl sites for hydroxylation is 1. The Labute approximate surface area is 136 Å². The zero-order chi connectivity index (χ0) is 15.3. The first-order valence-electron chi connectivity index (χ1n) is 7.10. The molecule has 1 heterocycles. The lowest BCUT2D eigenvalue weighted by molar-refractivity contribution is 0.627. The first-order valence-corrected chi connectivity index (χ1v) is 7.89. The Morgan fingerprint density at radius 1 is 0.818 bits per heavy atom. The van der Waals surface area contributed by atoms with Gasteiger partial charge in [-0.3, -0.25) is 0 Å². The molecule has 108 valence electrons. The average molecular weight is 354 g/mol. The maximum atomic E-state index is 13.2. The van der Waals surface area contributed by atoms with Crippen LogP contribution in [0.2, 0.25) is 0 Å². The third-order valence-corrected chi connectivity index (χ3v) is 4.46. The summed E-state index contributed by atoms with van der Waals surface area (Å²) in [7, 11) is 0. The summed E-state index contributed by atoms with van der Waals surface area (Å²) in [6.07, 6.45) is 0. The number of aromatic nitrogens is 1. The summed E-state index contributed by atoms with van der Waals surface area (Å²) in [4.78, 5) is 0. The van der Waals surface area contributed by atoms with E-state index < -0.39 is 0 Å². The van der Waals surface area contributed by atoms with Gasteiger partial charge in [-0.1, -0.05) is 27.6 Å². The number of hydrogen-bond acceptors (Lipinski definition) is 0. The fourth-order valence-electron chi connectivity index (χ4n) is 2.98. The molecule has 4 rings (SSSR count). The number of hydrogen-bond donors (Lipinski definition) is 0. The van der Waals surface area contributed by atoms with Crippen molar-refractivity contribution in [2.75, 3.05) is 0 Å². The second kappa shape index (κ2) is 4.96. The Bertz CT molecular complexity index is 940. The monoisotopic (exact) mass is 353 g/mol. The van der Waals surface area contributed by atoms with Crippen LogP contribution in [0, 0.1) is 12.7 Å². The summed E-state index contributed by atoms with van der Waals surface area (Å²) < 4.78 is 16.5. The minimum Gasteiger partial charge on any atom is -0.309 e. The van der Waals surface area contributed by atoms with Crippen LogP contribution in [-0.4, -0.2) is 4.57 Å². The number of fused-ring (bicyclic) bond motifs is 3. The second-order valence-corrected chi connectivity index (χ2v) is 6.41. The van der Waals surface area contributed by atoms with Crippen LogP contribution in [0.5, 0.6) is 0 Å². The van der Waals surface area contributed by atoms with Crippen molar-refractivity contribution in [3.8, 4) is 5.69 Å². The van der Waals surface area contributed by atoms with Crippen LogP contribution in [0.3, 0.4) is 0 Å². The molecule has 0 atom stereocenters. The van der Waals surface area contributed by atoms with Gasteiger partial charge in [0.2, 0.25) is 0 Å². The first kappa shape index (κ1) is 13.5. The SMILES string of the molecule is Cc1ccc2c(c1)c1cc(Br)ccc1n2-c1ccc(F)cc1. The summed E-state index contributed by atoms with van der Waals surface area (Å²) in [5.74, 6) is -0.219. The molecule has 0 aliphatic rings. The predicted molar refractivity (Wildman–Crippen MR) is 93.2 cm³/mol. The van der Waals surface area contributed by atoms with Gasteiger partial charge in [0.05, 0.1) is 11.0 Å². The fourth-order valence-corrected chi connectivity index (χ4v) is 3.34. The van der Waals surface area contributed by atoms with Crippen molar-refractivity contribution in [1.29, 1.82) is 0 Å². The van der Waals surface area contributed by atoms with Gasteiger partial charge >= 0.3 is 0 Å². The molecule has 0 N–H and O–H groups in total. The molecule has 0 saturated heterocycles. The van der Waals surface area contributed by atoms with Crippen molar-refractivity contribution in [3.63, 3.8) is 0 Å². The molecule has 0 spiro atoms. The molecule has 0 fully saturated rings. The normalized spacial score (nSPS) is 11.4. The highest BCUT2D eigenvalue weighted by Gasteiger charge is 2.12. The van der Waals surface area contributed by atoms with Gasteiger partial charge in [-0.05, 0) is 61.5 Å². The van der Waals surface area contributed by atoms with Crippen LogP contribution in [0.25, 0.3) is 27.5 Å². The minimum atomic E-state index is -0.219. The van der Waals surface area contributed by atoms with E-state index in [-0.39, 0.29) is 5.82 Å². The number of benzene rings is 3. The summed E-state index contributed by atoms with van der Waals surface area (Å²) >= 11 is 3.55. The third kappa shape index (κ3) is 2.04. The molecule has 0 saturated carbocycles. The molecule has 3 aromatic carbocycles. The molecule has 0 aliphatic carbocycles. The smallest absolute Gasteiger partial charge is 0.123 e. The average Bonchev–Trinajstić information content (AvgIpc) is 2.81. The number of halogens is 2. The van der Waals surface area contributed by atoms with E-state index in [0.717, 1.165) is 21.2 Å². The largest absolute Gasteiger partial charge is 0.309 e. The van der Waals surface area contributed by atoms with Crippen molar-refractivity contribution >= 4 is 37.7 Å². The highest BCUT2D eigenvalue weighted by atomic mass is 79.9. The third-order valence-electron chi connectivity index (χ3n) is 3.97. The summed E-state index contributed by atoms with van der Waals surface area (Å²) in [6, 6.07) is 19.3. The van der Waals surface area contributed by atoms with Crippen molar-refractivity contribution in [3.05, 3.63) is 76.5 Å². The van der Waals surface area contributed by atoms with E-state index in [4.69, 9.17) is 0 Å². The van der Waals surface area contributed by atoms with Gasteiger partial charge in [0, 0.05) is 20.9 Å². The highest BCUT2D eigenvalue weighted by Crippen LogP contribution is 2.34. The van der Waals surface area contributed by atoms with Crippen LogP contribution in [-0.2, 0) is 0 Å². The molecule has 1 aromatic heterocycles. The van der Waals surface area contributed by atoms with Crippen LogP contribution < -0.4 is 0 Å². The molecule has 0 unspecified atom stereocenters. The molecular formula is C19H13BrFN. The van der Waals surface area contributed by atoms with Gasteiger partial charge in [0.15, 0.2) is 0 Å². The van der Waals surface area contributed by atoms with Gasteiger partial charge in [0.1, 0.15) is 5.82 Å². The first-order chi connectivity index (χ1) is 10.6. The Morgan fingerprint density at radius 3 is 2.18 bits per heavy atom. The standard InChI is InChI=1S/C19H13BrFN/c1-12-2-8-18-16(10-12)17-11-13(20)3-9-19(17)22(18)15-6-4-14(21)5-7-15/h2-11H,1H3. The maximum absolute atomic E-state index is 13.2. The molecule has 0 radical (unpaired) electrons. The maximum Gasteiger partial charge on any atom is 0.123 e.